The van der Waals surface area contributed by atoms with Crippen LogP contribution < -0.4 is 10.9 Å². The van der Waals surface area contributed by atoms with Crippen LogP contribution in [0, 0.1) is 0 Å². The first kappa shape index (κ1) is 13.5. The number of rotatable bonds is 4. The fourth-order valence-corrected chi connectivity index (χ4v) is 2.21. The molecule has 2 aromatic heterocycles. The predicted octanol–water partition coefficient (Wildman–Crippen LogP) is 2.09. The minimum absolute atomic E-state index is 0.140. The molecule has 5 nitrogen and oxygen atoms in total. The molecule has 0 aliphatic carbocycles. The standard InChI is InChI=1S/C16H16N4O/c1-2-17-10-13-9-15(21)20-16(19-13)12-5-6-14-11(8-12)4-3-7-18-14/h3-9,17H,2,10H2,1H3,(H,19,20,21). The molecule has 0 bridgehead atoms. The number of fused-ring (bicyclic) bond motifs is 1. The maximum absolute atomic E-state index is 11.8. The van der Waals surface area contributed by atoms with Crippen LogP contribution in [0.5, 0.6) is 0 Å². The number of hydrogen-bond donors (Lipinski definition) is 2. The summed E-state index contributed by atoms with van der Waals surface area (Å²) in [6.07, 6.45) is 1.76. The molecular formula is C16H16N4O. The van der Waals surface area contributed by atoms with Crippen LogP contribution >= 0.6 is 0 Å². The molecule has 0 aliphatic rings. The van der Waals surface area contributed by atoms with Crippen LogP contribution in [0.2, 0.25) is 0 Å². The zero-order chi connectivity index (χ0) is 14.7. The van der Waals surface area contributed by atoms with Crippen molar-refractivity contribution in [2.45, 2.75) is 13.5 Å². The van der Waals surface area contributed by atoms with Crippen LogP contribution in [0.4, 0.5) is 0 Å². The summed E-state index contributed by atoms with van der Waals surface area (Å²) in [4.78, 5) is 23.4. The molecule has 5 heteroatoms. The van der Waals surface area contributed by atoms with Gasteiger partial charge in [0.05, 0.1) is 11.2 Å². The summed E-state index contributed by atoms with van der Waals surface area (Å²) in [6, 6.07) is 11.2. The lowest BCUT2D eigenvalue weighted by atomic mass is 10.1. The Bertz CT molecular complexity index is 826. The molecule has 0 saturated carbocycles. The van der Waals surface area contributed by atoms with Gasteiger partial charge in [-0.05, 0) is 30.8 Å². The van der Waals surface area contributed by atoms with E-state index in [2.05, 4.69) is 20.3 Å². The molecule has 1 aromatic carbocycles. The van der Waals surface area contributed by atoms with Gasteiger partial charge in [-0.1, -0.05) is 13.0 Å². The van der Waals surface area contributed by atoms with Gasteiger partial charge in [0.15, 0.2) is 0 Å². The van der Waals surface area contributed by atoms with E-state index in [1.807, 2.05) is 37.3 Å². The molecule has 2 N–H and O–H groups in total. The molecule has 0 radical (unpaired) electrons. The van der Waals surface area contributed by atoms with E-state index in [0.29, 0.717) is 12.4 Å². The van der Waals surface area contributed by atoms with Gasteiger partial charge in [0.1, 0.15) is 5.82 Å². The number of benzene rings is 1. The second kappa shape index (κ2) is 5.85. The SMILES string of the molecule is CCNCc1cc(=O)[nH]c(-c2ccc3ncccc3c2)n1. The van der Waals surface area contributed by atoms with E-state index in [9.17, 15) is 4.79 Å². The summed E-state index contributed by atoms with van der Waals surface area (Å²) in [6.45, 7) is 3.44. The quantitative estimate of drug-likeness (QED) is 0.767. The molecule has 21 heavy (non-hydrogen) atoms. The Morgan fingerprint density at radius 1 is 1.24 bits per heavy atom. The van der Waals surface area contributed by atoms with Crippen molar-refractivity contribution < 1.29 is 0 Å². The molecule has 106 valence electrons. The molecule has 0 fully saturated rings. The molecule has 0 atom stereocenters. The van der Waals surface area contributed by atoms with Gasteiger partial charge in [0, 0.05) is 29.8 Å². The molecular weight excluding hydrogens is 264 g/mol. The number of H-pyrrole nitrogens is 1. The third kappa shape index (κ3) is 2.98. The first-order chi connectivity index (χ1) is 10.3. The van der Waals surface area contributed by atoms with Crippen molar-refractivity contribution >= 4 is 10.9 Å². The number of pyridine rings is 1. The fourth-order valence-electron chi connectivity index (χ4n) is 2.21. The third-order valence-corrected chi connectivity index (χ3v) is 3.23. The summed E-state index contributed by atoms with van der Waals surface area (Å²) in [7, 11) is 0. The predicted molar refractivity (Wildman–Crippen MR) is 83.0 cm³/mol. The summed E-state index contributed by atoms with van der Waals surface area (Å²) in [5, 5.41) is 4.20. The highest BCUT2D eigenvalue weighted by Gasteiger charge is 2.05. The first-order valence-electron chi connectivity index (χ1n) is 6.92. The number of aromatic nitrogens is 3. The Morgan fingerprint density at radius 3 is 3.00 bits per heavy atom. The molecule has 0 saturated heterocycles. The molecule has 0 amide bonds. The van der Waals surface area contributed by atoms with Crippen LogP contribution in [0.1, 0.15) is 12.6 Å². The van der Waals surface area contributed by atoms with E-state index in [1.54, 1.807) is 6.20 Å². The maximum Gasteiger partial charge on any atom is 0.251 e. The number of nitrogens with zero attached hydrogens (tertiary/aromatic N) is 2. The van der Waals surface area contributed by atoms with Crippen LogP contribution in [-0.2, 0) is 6.54 Å². The minimum Gasteiger partial charge on any atom is -0.311 e. The Morgan fingerprint density at radius 2 is 2.14 bits per heavy atom. The summed E-state index contributed by atoms with van der Waals surface area (Å²) in [5.41, 5.74) is 2.40. The van der Waals surface area contributed by atoms with Gasteiger partial charge in [-0.25, -0.2) is 4.98 Å². The van der Waals surface area contributed by atoms with Gasteiger partial charge in [0.2, 0.25) is 0 Å². The second-order valence-corrected chi connectivity index (χ2v) is 4.78. The zero-order valence-corrected chi connectivity index (χ0v) is 11.8. The average Bonchev–Trinajstić information content (AvgIpc) is 2.52. The Labute approximate surface area is 122 Å². The first-order valence-corrected chi connectivity index (χ1v) is 6.92. The van der Waals surface area contributed by atoms with E-state index < -0.39 is 0 Å². The van der Waals surface area contributed by atoms with Gasteiger partial charge in [-0.3, -0.25) is 9.78 Å². The molecule has 0 unspecified atom stereocenters. The minimum atomic E-state index is -0.140. The van der Waals surface area contributed by atoms with E-state index in [-0.39, 0.29) is 5.56 Å². The van der Waals surface area contributed by atoms with E-state index in [4.69, 9.17) is 0 Å². The third-order valence-electron chi connectivity index (χ3n) is 3.23. The van der Waals surface area contributed by atoms with Crippen molar-refractivity contribution in [1.82, 2.24) is 20.3 Å². The highest BCUT2D eigenvalue weighted by molar-refractivity contribution is 5.82. The molecule has 0 spiro atoms. The van der Waals surface area contributed by atoms with E-state index in [0.717, 1.165) is 28.7 Å². The normalized spacial score (nSPS) is 10.9. The molecule has 0 aliphatic heterocycles. The Hall–Kier alpha value is -2.53. The maximum atomic E-state index is 11.8. The van der Waals surface area contributed by atoms with Gasteiger partial charge in [-0.15, -0.1) is 0 Å². The zero-order valence-electron chi connectivity index (χ0n) is 11.8. The van der Waals surface area contributed by atoms with Crippen LogP contribution in [0.3, 0.4) is 0 Å². The van der Waals surface area contributed by atoms with E-state index >= 15 is 0 Å². The number of hydrogen-bond acceptors (Lipinski definition) is 4. The van der Waals surface area contributed by atoms with Gasteiger partial charge < -0.3 is 10.3 Å². The van der Waals surface area contributed by atoms with Crippen molar-refractivity contribution in [3.63, 3.8) is 0 Å². The smallest absolute Gasteiger partial charge is 0.251 e. The number of nitrogens with one attached hydrogen (secondary N) is 2. The Kier molecular flexibility index (Phi) is 3.75. The van der Waals surface area contributed by atoms with Crippen molar-refractivity contribution in [1.29, 1.82) is 0 Å². The second-order valence-electron chi connectivity index (χ2n) is 4.78. The lowest BCUT2D eigenvalue weighted by Gasteiger charge is -2.06. The van der Waals surface area contributed by atoms with E-state index in [1.165, 1.54) is 6.07 Å². The van der Waals surface area contributed by atoms with Crippen LogP contribution in [-0.4, -0.2) is 21.5 Å². The molecule has 3 aromatic rings. The van der Waals surface area contributed by atoms with Gasteiger partial charge in [-0.2, -0.15) is 0 Å². The van der Waals surface area contributed by atoms with Crippen molar-refractivity contribution in [2.24, 2.45) is 0 Å². The Balaban J connectivity index is 2.04. The number of aromatic amines is 1. The fraction of sp³-hybridized carbons (Fsp3) is 0.188. The largest absolute Gasteiger partial charge is 0.311 e. The molecule has 2 heterocycles. The van der Waals surface area contributed by atoms with Crippen molar-refractivity contribution in [3.8, 4) is 11.4 Å². The highest BCUT2D eigenvalue weighted by Crippen LogP contribution is 2.19. The summed E-state index contributed by atoms with van der Waals surface area (Å²) >= 11 is 0. The van der Waals surface area contributed by atoms with Crippen molar-refractivity contribution in [2.75, 3.05) is 6.54 Å². The summed E-state index contributed by atoms with van der Waals surface area (Å²) in [5.74, 6) is 0.584. The summed E-state index contributed by atoms with van der Waals surface area (Å²) < 4.78 is 0. The lowest BCUT2D eigenvalue weighted by molar-refractivity contribution is 0.708. The lowest BCUT2D eigenvalue weighted by Crippen LogP contribution is -2.17. The molecule has 3 rings (SSSR count). The topological polar surface area (TPSA) is 70.7 Å². The van der Waals surface area contributed by atoms with Crippen molar-refractivity contribution in [3.05, 3.63) is 58.6 Å². The van der Waals surface area contributed by atoms with Gasteiger partial charge in [0.25, 0.3) is 5.56 Å². The highest BCUT2D eigenvalue weighted by atomic mass is 16.1. The van der Waals surface area contributed by atoms with Gasteiger partial charge >= 0.3 is 0 Å². The monoisotopic (exact) mass is 280 g/mol. The average molecular weight is 280 g/mol. The van der Waals surface area contributed by atoms with Crippen LogP contribution in [0.15, 0.2) is 47.4 Å². The van der Waals surface area contributed by atoms with Crippen LogP contribution in [0.25, 0.3) is 22.3 Å².